The Balaban J connectivity index is 0.00000205. The molecule has 0 radical (unpaired) electrons. The van der Waals surface area contributed by atoms with Gasteiger partial charge in [-0.25, -0.2) is 13.6 Å². The van der Waals surface area contributed by atoms with Gasteiger partial charge in [-0.1, -0.05) is 6.92 Å². The van der Waals surface area contributed by atoms with Crippen LogP contribution < -0.4 is 15.6 Å². The Morgan fingerprint density at radius 1 is 1.34 bits per heavy atom. The van der Waals surface area contributed by atoms with Gasteiger partial charge in [-0.2, -0.15) is 0 Å². The van der Waals surface area contributed by atoms with Gasteiger partial charge in [0.05, 0.1) is 10.9 Å². The first kappa shape index (κ1) is 20.1. The molecule has 2 aliphatic heterocycles. The van der Waals surface area contributed by atoms with Crippen LogP contribution >= 0.6 is 12.4 Å². The van der Waals surface area contributed by atoms with Crippen molar-refractivity contribution in [2.24, 2.45) is 5.41 Å². The Kier molecular flexibility index (Phi) is 4.62. The van der Waals surface area contributed by atoms with Crippen LogP contribution in [0.15, 0.2) is 17.1 Å². The second kappa shape index (κ2) is 6.67. The third kappa shape index (κ3) is 2.84. The standard InChI is InChI=1S/C20H21F2N3O3.ClH/c1-20-4-5-24(14(20)7-23-9-20)17-13(21)6-11-16(15(17)22)25(10-2-3-10)8-12(18(11)26)19(27)28;/h6,8,10,14,23H,2-5,7,9H2,1H3,(H,27,28);1H. The molecule has 9 heteroatoms. The number of carboxylic acid groups (broad SMARTS) is 1. The second-order valence-corrected chi connectivity index (χ2v) is 8.48. The number of benzene rings is 1. The Hall–Kier alpha value is -2.19. The van der Waals surface area contributed by atoms with Crippen LogP contribution in [-0.2, 0) is 0 Å². The first-order chi connectivity index (χ1) is 13.3. The molecule has 3 heterocycles. The van der Waals surface area contributed by atoms with Crippen LogP contribution in [0.25, 0.3) is 10.9 Å². The van der Waals surface area contributed by atoms with Crippen molar-refractivity contribution in [3.63, 3.8) is 0 Å². The van der Waals surface area contributed by atoms with Crippen LogP contribution in [0.3, 0.4) is 0 Å². The van der Waals surface area contributed by atoms with Crippen molar-refractivity contribution in [3.05, 3.63) is 39.7 Å². The molecule has 3 fully saturated rings. The lowest BCUT2D eigenvalue weighted by atomic mass is 9.85. The highest BCUT2D eigenvalue weighted by Gasteiger charge is 2.48. The molecular formula is C20H22ClF2N3O3. The maximum Gasteiger partial charge on any atom is 0.341 e. The van der Waals surface area contributed by atoms with Crippen LogP contribution in [0.1, 0.15) is 42.6 Å². The Bertz CT molecular complexity index is 1090. The van der Waals surface area contributed by atoms with E-state index in [0.717, 1.165) is 31.9 Å². The minimum atomic E-state index is -1.39. The quantitative estimate of drug-likeness (QED) is 0.791. The fourth-order valence-corrected chi connectivity index (χ4v) is 4.89. The fraction of sp³-hybridized carbons (Fsp3) is 0.500. The summed E-state index contributed by atoms with van der Waals surface area (Å²) < 4.78 is 32.3. The highest BCUT2D eigenvalue weighted by atomic mass is 35.5. The summed E-state index contributed by atoms with van der Waals surface area (Å²) in [6.07, 6.45) is 3.59. The number of hydrogen-bond acceptors (Lipinski definition) is 4. The Morgan fingerprint density at radius 2 is 2.07 bits per heavy atom. The van der Waals surface area contributed by atoms with Crippen LogP contribution in [0.5, 0.6) is 0 Å². The van der Waals surface area contributed by atoms with E-state index >= 15 is 8.78 Å². The normalized spacial score (nSPS) is 25.9. The zero-order valence-corrected chi connectivity index (χ0v) is 16.7. The number of aromatic carboxylic acids is 1. The van der Waals surface area contributed by atoms with E-state index in [1.807, 2.05) is 0 Å². The van der Waals surface area contributed by atoms with Gasteiger partial charge in [-0.15, -0.1) is 12.4 Å². The van der Waals surface area contributed by atoms with Gasteiger partial charge in [-0.05, 0) is 25.3 Å². The number of nitrogens with zero attached hydrogens (tertiary/aromatic N) is 2. The van der Waals surface area contributed by atoms with Gasteiger partial charge in [0, 0.05) is 43.3 Å². The lowest BCUT2D eigenvalue weighted by molar-refractivity contribution is 0.0694. The molecule has 29 heavy (non-hydrogen) atoms. The maximum absolute atomic E-state index is 15.7. The minimum Gasteiger partial charge on any atom is -0.477 e. The van der Waals surface area contributed by atoms with Crippen LogP contribution in [0, 0.1) is 17.0 Å². The molecule has 0 bridgehead atoms. The van der Waals surface area contributed by atoms with Gasteiger partial charge in [0.15, 0.2) is 5.82 Å². The number of halogens is 3. The van der Waals surface area contributed by atoms with Crippen molar-refractivity contribution in [1.29, 1.82) is 0 Å². The molecule has 6 nitrogen and oxygen atoms in total. The van der Waals surface area contributed by atoms with E-state index in [2.05, 4.69) is 12.2 Å². The van der Waals surface area contributed by atoms with Crippen molar-refractivity contribution < 1.29 is 18.7 Å². The zero-order valence-electron chi connectivity index (χ0n) is 15.9. The molecule has 1 aromatic carbocycles. The number of fused-ring (bicyclic) bond motifs is 2. The number of anilines is 1. The predicted octanol–water partition coefficient (Wildman–Crippen LogP) is 2.92. The van der Waals surface area contributed by atoms with Gasteiger partial charge in [-0.3, -0.25) is 4.79 Å². The number of pyridine rings is 1. The summed E-state index contributed by atoms with van der Waals surface area (Å²) in [5.74, 6) is -2.98. The monoisotopic (exact) mass is 425 g/mol. The van der Waals surface area contributed by atoms with Crippen LogP contribution in [-0.4, -0.2) is 41.3 Å². The molecule has 1 saturated carbocycles. The van der Waals surface area contributed by atoms with Gasteiger partial charge in [0.2, 0.25) is 5.43 Å². The van der Waals surface area contributed by atoms with Crippen molar-refractivity contribution >= 4 is 35.0 Å². The van der Waals surface area contributed by atoms with E-state index in [9.17, 15) is 14.7 Å². The van der Waals surface area contributed by atoms with E-state index in [4.69, 9.17) is 0 Å². The topological polar surface area (TPSA) is 74.6 Å². The summed E-state index contributed by atoms with van der Waals surface area (Å²) in [5.41, 5.74) is -1.45. The van der Waals surface area contributed by atoms with Gasteiger partial charge in [0.25, 0.3) is 0 Å². The molecule has 1 aromatic heterocycles. The number of nitrogens with one attached hydrogen (secondary N) is 1. The highest BCUT2D eigenvalue weighted by Crippen LogP contribution is 2.45. The van der Waals surface area contributed by atoms with Crippen LogP contribution in [0.2, 0.25) is 0 Å². The molecule has 0 spiro atoms. The number of rotatable bonds is 3. The molecule has 156 valence electrons. The van der Waals surface area contributed by atoms with Crippen molar-refractivity contribution in [2.45, 2.75) is 38.3 Å². The summed E-state index contributed by atoms with van der Waals surface area (Å²) in [4.78, 5) is 25.8. The van der Waals surface area contributed by atoms with Gasteiger partial charge >= 0.3 is 5.97 Å². The third-order valence-electron chi connectivity index (χ3n) is 6.61. The number of aromatic nitrogens is 1. The van der Waals surface area contributed by atoms with Crippen molar-refractivity contribution in [1.82, 2.24) is 9.88 Å². The van der Waals surface area contributed by atoms with Gasteiger partial charge in [0.1, 0.15) is 17.1 Å². The zero-order chi connectivity index (χ0) is 19.8. The predicted molar refractivity (Wildman–Crippen MR) is 107 cm³/mol. The van der Waals surface area contributed by atoms with Gasteiger partial charge < -0.3 is 19.9 Å². The maximum atomic E-state index is 15.7. The van der Waals surface area contributed by atoms with E-state index in [1.165, 1.54) is 10.8 Å². The Labute approximate surface area is 171 Å². The molecule has 2 unspecified atom stereocenters. The molecule has 3 aliphatic rings. The number of carboxylic acids is 1. The molecule has 0 amide bonds. The molecule has 2 aromatic rings. The average Bonchev–Trinajstić information content (AvgIpc) is 3.33. The lowest BCUT2D eigenvalue weighted by Gasteiger charge is -2.30. The molecule has 5 rings (SSSR count). The molecule has 1 aliphatic carbocycles. The largest absolute Gasteiger partial charge is 0.477 e. The summed E-state index contributed by atoms with van der Waals surface area (Å²) in [6.45, 7) is 4.12. The van der Waals surface area contributed by atoms with E-state index in [0.29, 0.717) is 13.1 Å². The second-order valence-electron chi connectivity index (χ2n) is 8.48. The summed E-state index contributed by atoms with van der Waals surface area (Å²) in [7, 11) is 0. The Morgan fingerprint density at radius 3 is 2.72 bits per heavy atom. The van der Waals surface area contributed by atoms with Crippen molar-refractivity contribution in [2.75, 3.05) is 24.5 Å². The summed E-state index contributed by atoms with van der Waals surface area (Å²) >= 11 is 0. The van der Waals surface area contributed by atoms with E-state index in [1.54, 1.807) is 4.90 Å². The molecule has 2 atom stereocenters. The molecule has 2 N–H and O–H groups in total. The third-order valence-corrected chi connectivity index (χ3v) is 6.61. The first-order valence-electron chi connectivity index (χ1n) is 9.59. The van der Waals surface area contributed by atoms with Crippen LogP contribution in [0.4, 0.5) is 14.5 Å². The minimum absolute atomic E-state index is 0. The summed E-state index contributed by atoms with van der Waals surface area (Å²) in [6, 6.07) is 0.929. The van der Waals surface area contributed by atoms with Crippen molar-refractivity contribution in [3.8, 4) is 0 Å². The highest BCUT2D eigenvalue weighted by molar-refractivity contribution is 5.94. The number of carbonyl (C=O) groups is 1. The number of hydrogen-bond donors (Lipinski definition) is 2. The molecule has 2 saturated heterocycles. The SMILES string of the molecule is CC12CCN(c3c(F)cc4c(=O)c(C(=O)O)cn(C5CC5)c4c3F)C1CNC2.Cl. The van der Waals surface area contributed by atoms with E-state index < -0.39 is 28.6 Å². The summed E-state index contributed by atoms with van der Waals surface area (Å²) in [5, 5.41) is 12.4. The lowest BCUT2D eigenvalue weighted by Crippen LogP contribution is -2.38. The average molecular weight is 426 g/mol. The fourth-order valence-electron chi connectivity index (χ4n) is 4.89. The molecular weight excluding hydrogens is 404 g/mol. The smallest absolute Gasteiger partial charge is 0.341 e. The first-order valence-corrected chi connectivity index (χ1v) is 9.59. The van der Waals surface area contributed by atoms with E-state index in [-0.39, 0.29) is 46.5 Å².